The molecule has 32 heavy (non-hydrogen) atoms. The summed E-state index contributed by atoms with van der Waals surface area (Å²) in [6.45, 7) is 1.63. The average molecular weight is 434 g/mol. The van der Waals surface area contributed by atoms with E-state index in [0.29, 0.717) is 17.0 Å². The maximum absolute atomic E-state index is 12.5. The van der Waals surface area contributed by atoms with E-state index >= 15 is 0 Å². The number of carboxylic acid groups (broad SMARTS) is 1. The molecule has 11 nitrogen and oxygen atoms in total. The Labute approximate surface area is 181 Å². The second-order valence-electron chi connectivity index (χ2n) is 6.70. The molecule has 0 spiro atoms. The van der Waals surface area contributed by atoms with Crippen LogP contribution in [-0.4, -0.2) is 53.9 Å². The standard InChI is InChI=1S/C21H18N6O5/c1-2-32-21(31)16-10-24-27-17(6-7-22-19(16)27)13-4-3-5-15(8-13)25-20(30)14-9-23-26(11-14)12-18(28)29/h3-11H,2,12H2,1H3,(H,25,30)(H,28,29). The van der Waals surface area contributed by atoms with Gasteiger partial charge in [-0.2, -0.15) is 10.2 Å². The predicted molar refractivity (Wildman–Crippen MR) is 112 cm³/mol. The Morgan fingerprint density at radius 2 is 2.00 bits per heavy atom. The van der Waals surface area contributed by atoms with Crippen LogP contribution in [0.4, 0.5) is 5.69 Å². The zero-order valence-electron chi connectivity index (χ0n) is 16.9. The molecule has 0 saturated heterocycles. The molecule has 0 aliphatic rings. The number of esters is 1. The topological polar surface area (TPSA) is 141 Å². The normalized spacial score (nSPS) is 10.8. The minimum atomic E-state index is -1.05. The lowest BCUT2D eigenvalue weighted by molar-refractivity contribution is -0.137. The van der Waals surface area contributed by atoms with Crippen LogP contribution in [0, 0.1) is 0 Å². The highest BCUT2D eigenvalue weighted by molar-refractivity contribution is 6.04. The summed E-state index contributed by atoms with van der Waals surface area (Å²) < 4.78 is 7.75. The summed E-state index contributed by atoms with van der Waals surface area (Å²) in [5.41, 5.74) is 2.76. The molecule has 3 heterocycles. The van der Waals surface area contributed by atoms with Crippen LogP contribution in [-0.2, 0) is 16.1 Å². The van der Waals surface area contributed by atoms with Gasteiger partial charge in [0.2, 0.25) is 0 Å². The molecule has 11 heteroatoms. The number of rotatable bonds is 7. The number of anilines is 1. The van der Waals surface area contributed by atoms with Gasteiger partial charge in [0.05, 0.1) is 30.3 Å². The second-order valence-corrected chi connectivity index (χ2v) is 6.70. The molecule has 4 aromatic rings. The minimum absolute atomic E-state index is 0.231. The summed E-state index contributed by atoms with van der Waals surface area (Å²) in [7, 11) is 0. The molecule has 0 bridgehead atoms. The van der Waals surface area contributed by atoms with Gasteiger partial charge in [-0.25, -0.2) is 14.3 Å². The van der Waals surface area contributed by atoms with Crippen molar-refractivity contribution in [3.63, 3.8) is 0 Å². The first kappa shape index (κ1) is 20.7. The highest BCUT2D eigenvalue weighted by Crippen LogP contribution is 2.24. The molecule has 0 saturated carbocycles. The fraction of sp³-hybridized carbons (Fsp3) is 0.143. The molecular formula is C21H18N6O5. The minimum Gasteiger partial charge on any atom is -0.480 e. The lowest BCUT2D eigenvalue weighted by Gasteiger charge is -2.08. The molecule has 0 aliphatic carbocycles. The number of hydrogen-bond acceptors (Lipinski definition) is 7. The molecule has 1 amide bonds. The number of carbonyl (C=O) groups is 3. The fourth-order valence-corrected chi connectivity index (χ4v) is 3.13. The Balaban J connectivity index is 1.60. The number of nitrogens with one attached hydrogen (secondary N) is 1. The summed E-state index contributed by atoms with van der Waals surface area (Å²) in [5.74, 6) is -1.99. The van der Waals surface area contributed by atoms with Gasteiger partial charge >= 0.3 is 11.9 Å². The van der Waals surface area contributed by atoms with E-state index in [1.165, 1.54) is 27.8 Å². The summed E-state index contributed by atoms with van der Waals surface area (Å²) in [6.07, 6.45) is 5.64. The Hall–Kier alpha value is -4.54. The van der Waals surface area contributed by atoms with E-state index < -0.39 is 17.8 Å². The third kappa shape index (κ3) is 4.17. The van der Waals surface area contributed by atoms with E-state index in [4.69, 9.17) is 9.84 Å². The zero-order valence-corrected chi connectivity index (χ0v) is 16.9. The molecule has 0 radical (unpaired) electrons. The second kappa shape index (κ2) is 8.68. The van der Waals surface area contributed by atoms with Crippen molar-refractivity contribution in [2.75, 3.05) is 11.9 Å². The maximum atomic E-state index is 12.5. The van der Waals surface area contributed by atoms with Crippen LogP contribution in [0.2, 0.25) is 0 Å². The van der Waals surface area contributed by atoms with Gasteiger partial charge in [0, 0.05) is 23.6 Å². The van der Waals surface area contributed by atoms with Crippen LogP contribution >= 0.6 is 0 Å². The lowest BCUT2D eigenvalue weighted by Crippen LogP contribution is -2.12. The first-order valence-electron chi connectivity index (χ1n) is 9.62. The number of amides is 1. The monoisotopic (exact) mass is 434 g/mol. The van der Waals surface area contributed by atoms with Gasteiger partial charge in [-0.05, 0) is 25.1 Å². The number of nitrogens with zero attached hydrogens (tertiary/aromatic N) is 5. The molecule has 0 unspecified atom stereocenters. The quantitative estimate of drug-likeness (QED) is 0.421. The van der Waals surface area contributed by atoms with Crippen molar-refractivity contribution in [1.82, 2.24) is 24.4 Å². The molecule has 162 valence electrons. The smallest absolute Gasteiger partial charge is 0.343 e. The number of aliphatic carboxylic acids is 1. The van der Waals surface area contributed by atoms with E-state index in [1.54, 1.807) is 37.4 Å². The van der Waals surface area contributed by atoms with Crippen LogP contribution < -0.4 is 5.32 Å². The summed E-state index contributed by atoms with van der Waals surface area (Å²) >= 11 is 0. The van der Waals surface area contributed by atoms with E-state index in [-0.39, 0.29) is 24.3 Å². The van der Waals surface area contributed by atoms with Gasteiger partial charge < -0.3 is 15.2 Å². The van der Waals surface area contributed by atoms with E-state index in [9.17, 15) is 14.4 Å². The number of hydrogen-bond donors (Lipinski definition) is 2. The molecule has 0 fully saturated rings. The first-order valence-corrected chi connectivity index (χ1v) is 9.62. The highest BCUT2D eigenvalue weighted by Gasteiger charge is 2.17. The van der Waals surface area contributed by atoms with Gasteiger partial charge in [0.15, 0.2) is 5.65 Å². The number of fused-ring (bicyclic) bond motifs is 1. The van der Waals surface area contributed by atoms with Crippen molar-refractivity contribution < 1.29 is 24.2 Å². The van der Waals surface area contributed by atoms with Gasteiger partial charge in [-0.3, -0.25) is 14.3 Å². The lowest BCUT2D eigenvalue weighted by atomic mass is 10.1. The van der Waals surface area contributed by atoms with Crippen molar-refractivity contribution in [3.05, 3.63) is 66.2 Å². The Bertz CT molecular complexity index is 1330. The van der Waals surface area contributed by atoms with Crippen molar-refractivity contribution in [3.8, 4) is 11.3 Å². The van der Waals surface area contributed by atoms with Crippen LogP contribution in [0.5, 0.6) is 0 Å². The first-order chi connectivity index (χ1) is 15.5. The van der Waals surface area contributed by atoms with Crippen molar-refractivity contribution in [1.29, 1.82) is 0 Å². The summed E-state index contributed by atoms with van der Waals surface area (Å²) in [5, 5.41) is 19.7. The summed E-state index contributed by atoms with van der Waals surface area (Å²) in [4.78, 5) is 39.7. The number of benzene rings is 1. The van der Waals surface area contributed by atoms with Gasteiger partial charge in [0.25, 0.3) is 5.91 Å². The third-order valence-electron chi connectivity index (χ3n) is 4.51. The zero-order chi connectivity index (χ0) is 22.7. The van der Waals surface area contributed by atoms with E-state index in [0.717, 1.165) is 5.56 Å². The molecular weight excluding hydrogens is 416 g/mol. The maximum Gasteiger partial charge on any atom is 0.343 e. The number of ether oxygens (including phenoxy) is 1. The highest BCUT2D eigenvalue weighted by atomic mass is 16.5. The van der Waals surface area contributed by atoms with Gasteiger partial charge in [0.1, 0.15) is 12.1 Å². The van der Waals surface area contributed by atoms with Crippen LogP contribution in [0.3, 0.4) is 0 Å². The van der Waals surface area contributed by atoms with Gasteiger partial charge in [-0.1, -0.05) is 12.1 Å². The van der Waals surface area contributed by atoms with Crippen LogP contribution in [0.15, 0.2) is 55.1 Å². The molecule has 0 aliphatic heterocycles. The van der Waals surface area contributed by atoms with Crippen LogP contribution in [0.25, 0.3) is 16.9 Å². The Morgan fingerprint density at radius 1 is 1.16 bits per heavy atom. The summed E-state index contributed by atoms with van der Waals surface area (Å²) in [6, 6.07) is 8.81. The molecule has 0 atom stereocenters. The molecule has 3 aromatic heterocycles. The van der Waals surface area contributed by atoms with Crippen molar-refractivity contribution in [2.45, 2.75) is 13.5 Å². The Kier molecular flexibility index (Phi) is 5.62. The third-order valence-corrected chi connectivity index (χ3v) is 4.51. The van der Waals surface area contributed by atoms with Crippen molar-refractivity contribution >= 4 is 29.2 Å². The average Bonchev–Trinajstić information content (AvgIpc) is 3.40. The number of carboxylic acids is 1. The van der Waals surface area contributed by atoms with Crippen molar-refractivity contribution in [2.24, 2.45) is 0 Å². The molecule has 4 rings (SSSR count). The molecule has 1 aromatic carbocycles. The van der Waals surface area contributed by atoms with E-state index in [2.05, 4.69) is 20.5 Å². The number of carbonyl (C=O) groups excluding carboxylic acids is 2. The Morgan fingerprint density at radius 3 is 2.78 bits per heavy atom. The predicted octanol–water partition coefficient (Wildman–Crippen LogP) is 2.11. The van der Waals surface area contributed by atoms with Crippen LogP contribution in [0.1, 0.15) is 27.6 Å². The SMILES string of the molecule is CCOC(=O)c1cnn2c(-c3cccc(NC(=O)c4cnn(CC(=O)O)c4)c3)ccnc12. The van der Waals surface area contributed by atoms with E-state index in [1.807, 2.05) is 6.07 Å². The molecule has 2 N–H and O–H groups in total. The fourth-order valence-electron chi connectivity index (χ4n) is 3.13. The number of aromatic nitrogens is 5. The largest absolute Gasteiger partial charge is 0.480 e. The van der Waals surface area contributed by atoms with Gasteiger partial charge in [-0.15, -0.1) is 0 Å².